The number of amides is 1. The van der Waals surface area contributed by atoms with Crippen molar-refractivity contribution in [2.75, 3.05) is 0 Å². The molecule has 1 heterocycles. The fourth-order valence-corrected chi connectivity index (χ4v) is 2.29. The highest BCUT2D eigenvalue weighted by Gasteiger charge is 2.15. The summed E-state index contributed by atoms with van der Waals surface area (Å²) in [4.78, 5) is 11.5. The van der Waals surface area contributed by atoms with Gasteiger partial charge in [0.1, 0.15) is 0 Å². The lowest BCUT2D eigenvalue weighted by Crippen LogP contribution is -2.25. The Morgan fingerprint density at radius 3 is 2.79 bits per heavy atom. The molecule has 0 aliphatic rings. The highest BCUT2D eigenvalue weighted by Crippen LogP contribution is 2.21. The molecule has 1 amide bonds. The number of nitrogens with zero attached hydrogens (tertiary/aromatic N) is 2. The lowest BCUT2D eigenvalue weighted by Gasteiger charge is -2.12. The van der Waals surface area contributed by atoms with Crippen LogP contribution >= 0.6 is 22.6 Å². The molecule has 1 aromatic heterocycles. The van der Waals surface area contributed by atoms with Gasteiger partial charge in [0.2, 0.25) is 0 Å². The van der Waals surface area contributed by atoms with E-state index in [1.54, 1.807) is 0 Å². The SMILES string of the molecule is CC(C)NCc1c(C(N)=O)nnc2cc(I)ccc12. The molecule has 6 heteroatoms. The number of carbonyl (C=O) groups excluding carboxylic acids is 1. The van der Waals surface area contributed by atoms with Crippen LogP contribution in [-0.4, -0.2) is 22.1 Å². The zero-order valence-corrected chi connectivity index (χ0v) is 12.9. The third-order valence-electron chi connectivity index (χ3n) is 2.75. The van der Waals surface area contributed by atoms with Gasteiger partial charge in [-0.05, 0) is 34.7 Å². The highest BCUT2D eigenvalue weighted by atomic mass is 127. The van der Waals surface area contributed by atoms with Crippen molar-refractivity contribution in [2.24, 2.45) is 5.73 Å². The Morgan fingerprint density at radius 2 is 2.16 bits per heavy atom. The van der Waals surface area contributed by atoms with Gasteiger partial charge in [-0.15, -0.1) is 10.2 Å². The summed E-state index contributed by atoms with van der Waals surface area (Å²) < 4.78 is 1.08. The summed E-state index contributed by atoms with van der Waals surface area (Å²) in [5.74, 6) is -0.548. The summed E-state index contributed by atoms with van der Waals surface area (Å²) in [7, 11) is 0. The zero-order chi connectivity index (χ0) is 14.0. The minimum Gasteiger partial charge on any atom is -0.364 e. The van der Waals surface area contributed by atoms with Gasteiger partial charge in [-0.2, -0.15) is 0 Å². The van der Waals surface area contributed by atoms with Crippen LogP contribution in [-0.2, 0) is 6.54 Å². The molecule has 0 atom stereocenters. The molecule has 5 nitrogen and oxygen atoms in total. The van der Waals surface area contributed by atoms with Gasteiger partial charge in [-0.25, -0.2) is 0 Å². The van der Waals surface area contributed by atoms with E-state index in [9.17, 15) is 4.79 Å². The van der Waals surface area contributed by atoms with E-state index in [0.29, 0.717) is 12.6 Å². The number of hydrogen-bond donors (Lipinski definition) is 2. The third-order valence-corrected chi connectivity index (χ3v) is 3.42. The Hall–Kier alpha value is -1.28. The minimum atomic E-state index is -0.548. The number of aromatic nitrogens is 2. The molecule has 0 aliphatic carbocycles. The van der Waals surface area contributed by atoms with Gasteiger partial charge in [0.15, 0.2) is 5.69 Å². The second-order valence-corrected chi connectivity index (χ2v) is 5.83. The molecule has 2 rings (SSSR count). The molecule has 0 saturated carbocycles. The number of nitrogens with two attached hydrogens (primary N) is 1. The van der Waals surface area contributed by atoms with Crippen molar-refractivity contribution >= 4 is 39.4 Å². The van der Waals surface area contributed by atoms with Gasteiger partial charge in [0, 0.05) is 27.1 Å². The fraction of sp³-hybridized carbons (Fsp3) is 0.308. The van der Waals surface area contributed by atoms with Gasteiger partial charge in [0.05, 0.1) is 5.52 Å². The van der Waals surface area contributed by atoms with Crippen LogP contribution in [0.5, 0.6) is 0 Å². The fourth-order valence-electron chi connectivity index (χ4n) is 1.82. The quantitative estimate of drug-likeness (QED) is 0.805. The van der Waals surface area contributed by atoms with Crippen molar-refractivity contribution in [3.63, 3.8) is 0 Å². The molecule has 2 aromatic rings. The summed E-state index contributed by atoms with van der Waals surface area (Å²) in [6.45, 7) is 4.63. The summed E-state index contributed by atoms with van der Waals surface area (Å²) in [5, 5.41) is 12.2. The second kappa shape index (κ2) is 5.79. The van der Waals surface area contributed by atoms with Gasteiger partial charge in [0.25, 0.3) is 5.91 Å². The van der Waals surface area contributed by atoms with Crippen molar-refractivity contribution in [3.05, 3.63) is 33.0 Å². The maximum absolute atomic E-state index is 11.5. The van der Waals surface area contributed by atoms with Crippen LogP contribution in [0, 0.1) is 3.57 Å². The molecular weight excluding hydrogens is 355 g/mol. The molecule has 0 radical (unpaired) electrons. The normalized spacial score (nSPS) is 11.2. The van der Waals surface area contributed by atoms with Crippen LogP contribution in [0.2, 0.25) is 0 Å². The molecule has 0 saturated heterocycles. The molecule has 0 spiro atoms. The van der Waals surface area contributed by atoms with E-state index in [4.69, 9.17) is 5.73 Å². The predicted octanol–water partition coefficient (Wildman–Crippen LogP) is 1.83. The number of fused-ring (bicyclic) bond motifs is 1. The summed E-state index contributed by atoms with van der Waals surface area (Å²) in [6.07, 6.45) is 0. The molecule has 1 aromatic carbocycles. The number of nitrogens with one attached hydrogen (secondary N) is 1. The van der Waals surface area contributed by atoms with Crippen LogP contribution in [0.3, 0.4) is 0 Å². The van der Waals surface area contributed by atoms with Gasteiger partial charge >= 0.3 is 0 Å². The van der Waals surface area contributed by atoms with Crippen LogP contribution in [0.1, 0.15) is 29.9 Å². The van der Waals surface area contributed by atoms with Crippen molar-refractivity contribution < 1.29 is 4.79 Å². The lowest BCUT2D eigenvalue weighted by atomic mass is 10.1. The first kappa shape index (κ1) is 14.1. The van der Waals surface area contributed by atoms with Crippen molar-refractivity contribution in [2.45, 2.75) is 26.4 Å². The molecule has 19 heavy (non-hydrogen) atoms. The number of halogens is 1. The molecule has 0 fully saturated rings. The number of carbonyl (C=O) groups is 1. The number of primary amides is 1. The van der Waals surface area contributed by atoms with Gasteiger partial charge < -0.3 is 11.1 Å². The monoisotopic (exact) mass is 370 g/mol. The number of rotatable bonds is 4. The maximum Gasteiger partial charge on any atom is 0.269 e. The Balaban J connectivity index is 2.58. The average Bonchev–Trinajstić information content (AvgIpc) is 2.34. The molecule has 0 aliphatic heterocycles. The first-order chi connectivity index (χ1) is 8.99. The van der Waals surface area contributed by atoms with Crippen LogP contribution in [0.25, 0.3) is 10.9 Å². The van der Waals surface area contributed by atoms with Crippen LogP contribution < -0.4 is 11.1 Å². The van der Waals surface area contributed by atoms with Gasteiger partial charge in [-0.3, -0.25) is 4.79 Å². The minimum absolute atomic E-state index is 0.238. The Bertz CT molecular complexity index is 627. The average molecular weight is 370 g/mol. The van der Waals surface area contributed by atoms with Crippen LogP contribution in [0.4, 0.5) is 0 Å². The molecule has 0 unspecified atom stereocenters. The van der Waals surface area contributed by atoms with E-state index in [0.717, 1.165) is 20.0 Å². The standard InChI is InChI=1S/C13H15IN4O/c1-7(2)16-6-10-9-4-3-8(14)5-11(9)17-18-12(10)13(15)19/h3-5,7,16H,6H2,1-2H3,(H2,15,19). The van der Waals surface area contributed by atoms with E-state index in [1.807, 2.05) is 32.0 Å². The topological polar surface area (TPSA) is 80.9 Å². The summed E-state index contributed by atoms with van der Waals surface area (Å²) in [6, 6.07) is 6.18. The molecule has 0 bridgehead atoms. The Kier molecular flexibility index (Phi) is 4.31. The first-order valence-electron chi connectivity index (χ1n) is 5.97. The van der Waals surface area contributed by atoms with E-state index in [1.165, 1.54) is 0 Å². The van der Waals surface area contributed by atoms with Crippen molar-refractivity contribution in [1.29, 1.82) is 0 Å². The smallest absolute Gasteiger partial charge is 0.269 e. The predicted molar refractivity (Wildman–Crippen MR) is 82.7 cm³/mol. The summed E-state index contributed by atoms with van der Waals surface area (Å²) >= 11 is 2.22. The second-order valence-electron chi connectivity index (χ2n) is 4.59. The lowest BCUT2D eigenvalue weighted by molar-refractivity contribution is 0.0993. The number of hydrogen-bond acceptors (Lipinski definition) is 4. The highest BCUT2D eigenvalue weighted by molar-refractivity contribution is 14.1. The van der Waals surface area contributed by atoms with E-state index in [-0.39, 0.29) is 5.69 Å². The molecule has 3 N–H and O–H groups in total. The van der Waals surface area contributed by atoms with E-state index >= 15 is 0 Å². The maximum atomic E-state index is 11.5. The first-order valence-corrected chi connectivity index (χ1v) is 7.05. The number of benzene rings is 1. The van der Waals surface area contributed by atoms with E-state index in [2.05, 4.69) is 38.1 Å². The van der Waals surface area contributed by atoms with Crippen LogP contribution in [0.15, 0.2) is 18.2 Å². The Morgan fingerprint density at radius 1 is 1.42 bits per heavy atom. The Labute approximate surface area is 125 Å². The summed E-state index contributed by atoms with van der Waals surface area (Å²) in [5.41, 5.74) is 7.19. The largest absolute Gasteiger partial charge is 0.364 e. The third kappa shape index (κ3) is 3.19. The van der Waals surface area contributed by atoms with Crippen molar-refractivity contribution in [3.8, 4) is 0 Å². The van der Waals surface area contributed by atoms with E-state index < -0.39 is 5.91 Å². The van der Waals surface area contributed by atoms with Crippen molar-refractivity contribution in [1.82, 2.24) is 15.5 Å². The molecule has 100 valence electrons. The zero-order valence-electron chi connectivity index (χ0n) is 10.8. The van der Waals surface area contributed by atoms with Gasteiger partial charge in [-0.1, -0.05) is 19.9 Å². The molecular formula is C13H15IN4O.